The SMILES string of the molecule is CC1CCC(O)C(c2cc(Cl)ncn2)C1. The Labute approximate surface area is 94.5 Å². The lowest BCUT2D eigenvalue weighted by Gasteiger charge is -2.31. The molecule has 82 valence electrons. The van der Waals surface area contributed by atoms with Gasteiger partial charge < -0.3 is 5.11 Å². The lowest BCUT2D eigenvalue weighted by molar-refractivity contribution is 0.0863. The molecule has 0 radical (unpaired) electrons. The highest BCUT2D eigenvalue weighted by Gasteiger charge is 2.29. The number of aliphatic hydroxyl groups excluding tert-OH is 1. The summed E-state index contributed by atoms with van der Waals surface area (Å²) < 4.78 is 0. The van der Waals surface area contributed by atoms with Gasteiger partial charge in [-0.2, -0.15) is 0 Å². The Hall–Kier alpha value is -0.670. The van der Waals surface area contributed by atoms with Crippen LogP contribution in [-0.2, 0) is 0 Å². The summed E-state index contributed by atoms with van der Waals surface area (Å²) in [7, 11) is 0. The molecule has 0 aliphatic heterocycles. The number of halogens is 1. The number of aromatic nitrogens is 2. The summed E-state index contributed by atoms with van der Waals surface area (Å²) in [4.78, 5) is 8.04. The number of hydrogen-bond acceptors (Lipinski definition) is 3. The van der Waals surface area contributed by atoms with E-state index in [2.05, 4.69) is 16.9 Å². The fourth-order valence-corrected chi connectivity index (χ4v) is 2.39. The topological polar surface area (TPSA) is 46.0 Å². The first-order valence-corrected chi connectivity index (χ1v) is 5.70. The quantitative estimate of drug-likeness (QED) is 0.748. The molecule has 2 rings (SSSR count). The Morgan fingerprint density at radius 3 is 2.93 bits per heavy atom. The molecule has 0 aromatic carbocycles. The van der Waals surface area contributed by atoms with E-state index in [1.54, 1.807) is 6.07 Å². The highest BCUT2D eigenvalue weighted by atomic mass is 35.5. The first-order valence-electron chi connectivity index (χ1n) is 5.32. The third-order valence-corrected chi connectivity index (χ3v) is 3.32. The normalized spacial score (nSPS) is 31.5. The average molecular weight is 227 g/mol. The smallest absolute Gasteiger partial charge is 0.132 e. The minimum atomic E-state index is -0.285. The highest BCUT2D eigenvalue weighted by molar-refractivity contribution is 6.29. The third-order valence-electron chi connectivity index (χ3n) is 3.11. The molecule has 3 unspecified atom stereocenters. The van der Waals surface area contributed by atoms with E-state index in [1.807, 2.05) is 0 Å². The van der Waals surface area contributed by atoms with Crippen LogP contribution in [0.1, 0.15) is 37.8 Å². The summed E-state index contributed by atoms with van der Waals surface area (Å²) in [5.41, 5.74) is 0.869. The molecule has 1 aromatic rings. The van der Waals surface area contributed by atoms with Crippen LogP contribution in [0, 0.1) is 5.92 Å². The Balaban J connectivity index is 2.21. The van der Waals surface area contributed by atoms with E-state index < -0.39 is 0 Å². The van der Waals surface area contributed by atoms with Gasteiger partial charge in [-0.1, -0.05) is 18.5 Å². The van der Waals surface area contributed by atoms with Gasteiger partial charge in [-0.3, -0.25) is 0 Å². The second-order valence-electron chi connectivity index (χ2n) is 4.36. The predicted molar refractivity (Wildman–Crippen MR) is 58.8 cm³/mol. The molecular formula is C11H15ClN2O. The van der Waals surface area contributed by atoms with E-state index in [1.165, 1.54) is 6.33 Å². The van der Waals surface area contributed by atoms with Crippen LogP contribution in [0.2, 0.25) is 5.15 Å². The van der Waals surface area contributed by atoms with Gasteiger partial charge >= 0.3 is 0 Å². The second kappa shape index (κ2) is 4.45. The minimum Gasteiger partial charge on any atom is -0.392 e. The van der Waals surface area contributed by atoms with Crippen molar-refractivity contribution in [1.82, 2.24) is 9.97 Å². The molecule has 1 fully saturated rings. The largest absolute Gasteiger partial charge is 0.392 e. The maximum atomic E-state index is 9.93. The molecule has 1 heterocycles. The van der Waals surface area contributed by atoms with Gasteiger partial charge in [-0.15, -0.1) is 0 Å². The van der Waals surface area contributed by atoms with Crippen molar-refractivity contribution >= 4 is 11.6 Å². The molecule has 15 heavy (non-hydrogen) atoms. The summed E-state index contributed by atoms with van der Waals surface area (Å²) in [6.07, 6.45) is 4.11. The summed E-state index contributed by atoms with van der Waals surface area (Å²) in [6.45, 7) is 2.21. The molecule has 1 aromatic heterocycles. The van der Waals surface area contributed by atoms with Gasteiger partial charge in [0.25, 0.3) is 0 Å². The molecule has 0 bridgehead atoms. The summed E-state index contributed by atoms with van der Waals surface area (Å²) >= 11 is 5.82. The molecule has 1 aliphatic rings. The van der Waals surface area contributed by atoms with Crippen molar-refractivity contribution in [3.63, 3.8) is 0 Å². The van der Waals surface area contributed by atoms with Crippen LogP contribution in [-0.4, -0.2) is 21.2 Å². The van der Waals surface area contributed by atoms with Gasteiger partial charge in [0, 0.05) is 5.92 Å². The fraction of sp³-hybridized carbons (Fsp3) is 0.636. The average Bonchev–Trinajstić information content (AvgIpc) is 2.22. The Morgan fingerprint density at radius 2 is 2.20 bits per heavy atom. The van der Waals surface area contributed by atoms with E-state index in [-0.39, 0.29) is 12.0 Å². The van der Waals surface area contributed by atoms with Crippen molar-refractivity contribution in [1.29, 1.82) is 0 Å². The monoisotopic (exact) mass is 226 g/mol. The molecule has 1 saturated carbocycles. The highest BCUT2D eigenvalue weighted by Crippen LogP contribution is 2.35. The van der Waals surface area contributed by atoms with E-state index in [4.69, 9.17) is 11.6 Å². The summed E-state index contributed by atoms with van der Waals surface area (Å²) in [6, 6.07) is 1.76. The van der Waals surface area contributed by atoms with Crippen LogP contribution in [0.3, 0.4) is 0 Å². The van der Waals surface area contributed by atoms with Crippen molar-refractivity contribution in [2.75, 3.05) is 0 Å². The molecule has 1 N–H and O–H groups in total. The number of aliphatic hydroxyl groups is 1. The Kier molecular flexibility index (Phi) is 3.22. The van der Waals surface area contributed by atoms with Gasteiger partial charge in [-0.25, -0.2) is 9.97 Å². The van der Waals surface area contributed by atoms with Crippen LogP contribution in [0.15, 0.2) is 12.4 Å². The van der Waals surface area contributed by atoms with Crippen molar-refractivity contribution < 1.29 is 5.11 Å². The van der Waals surface area contributed by atoms with Crippen LogP contribution in [0.25, 0.3) is 0 Å². The summed E-state index contributed by atoms with van der Waals surface area (Å²) in [5.74, 6) is 0.765. The van der Waals surface area contributed by atoms with Crippen LogP contribution >= 0.6 is 11.6 Å². The van der Waals surface area contributed by atoms with Crippen molar-refractivity contribution in [3.8, 4) is 0 Å². The first-order chi connectivity index (χ1) is 7.16. The number of hydrogen-bond donors (Lipinski definition) is 1. The molecule has 0 spiro atoms. The zero-order valence-corrected chi connectivity index (χ0v) is 9.48. The number of nitrogens with zero attached hydrogens (tertiary/aromatic N) is 2. The lowest BCUT2D eigenvalue weighted by atomic mass is 9.79. The molecule has 3 atom stereocenters. The fourth-order valence-electron chi connectivity index (χ4n) is 2.23. The van der Waals surface area contributed by atoms with Crippen molar-refractivity contribution in [2.24, 2.45) is 5.92 Å². The van der Waals surface area contributed by atoms with Crippen LogP contribution in [0.4, 0.5) is 0 Å². The Bertz CT molecular complexity index is 345. The molecule has 3 nitrogen and oxygen atoms in total. The molecule has 0 amide bonds. The van der Waals surface area contributed by atoms with Crippen molar-refractivity contribution in [2.45, 2.75) is 38.2 Å². The van der Waals surface area contributed by atoms with Crippen molar-refractivity contribution in [3.05, 3.63) is 23.2 Å². The molecule has 1 aliphatic carbocycles. The third kappa shape index (κ3) is 2.47. The summed E-state index contributed by atoms with van der Waals surface area (Å²) in [5, 5.41) is 10.4. The van der Waals surface area contributed by atoms with Gasteiger partial charge in [-0.05, 0) is 31.2 Å². The van der Waals surface area contributed by atoms with Crippen LogP contribution < -0.4 is 0 Å². The molecule has 4 heteroatoms. The van der Waals surface area contributed by atoms with E-state index >= 15 is 0 Å². The first kappa shape index (κ1) is 10.8. The second-order valence-corrected chi connectivity index (χ2v) is 4.74. The van der Waals surface area contributed by atoms with E-state index in [0.717, 1.165) is 25.0 Å². The maximum absolute atomic E-state index is 9.93. The number of rotatable bonds is 1. The zero-order valence-electron chi connectivity index (χ0n) is 8.73. The maximum Gasteiger partial charge on any atom is 0.132 e. The minimum absolute atomic E-state index is 0.120. The molecule has 0 saturated heterocycles. The van der Waals surface area contributed by atoms with E-state index in [0.29, 0.717) is 11.1 Å². The predicted octanol–water partition coefficient (Wildman–Crippen LogP) is 2.39. The van der Waals surface area contributed by atoms with Gasteiger partial charge in [0.1, 0.15) is 11.5 Å². The molecular weight excluding hydrogens is 212 g/mol. The van der Waals surface area contributed by atoms with Gasteiger partial charge in [0.2, 0.25) is 0 Å². The van der Waals surface area contributed by atoms with Gasteiger partial charge in [0.15, 0.2) is 0 Å². The Morgan fingerprint density at radius 1 is 1.40 bits per heavy atom. The van der Waals surface area contributed by atoms with E-state index in [9.17, 15) is 5.11 Å². The standard InChI is InChI=1S/C11H15ClN2O/c1-7-2-3-10(15)8(4-7)9-5-11(12)14-6-13-9/h5-8,10,15H,2-4H2,1H3. The van der Waals surface area contributed by atoms with Crippen LogP contribution in [0.5, 0.6) is 0 Å². The van der Waals surface area contributed by atoms with Gasteiger partial charge in [0.05, 0.1) is 11.8 Å². The zero-order chi connectivity index (χ0) is 10.8. The lowest BCUT2D eigenvalue weighted by Crippen LogP contribution is -2.27.